The van der Waals surface area contributed by atoms with Gasteiger partial charge in [-0.3, -0.25) is 0 Å². The fourth-order valence-corrected chi connectivity index (χ4v) is 2.51. The van der Waals surface area contributed by atoms with Crippen molar-refractivity contribution in [2.24, 2.45) is 0 Å². The van der Waals surface area contributed by atoms with E-state index < -0.39 is 5.54 Å². The smallest absolute Gasteiger partial charge is 0.319 e. The summed E-state index contributed by atoms with van der Waals surface area (Å²) < 4.78 is 0. The Morgan fingerprint density at radius 2 is 2.00 bits per heavy atom. The maximum Gasteiger partial charge on any atom is 0.319 e. The van der Waals surface area contributed by atoms with Gasteiger partial charge in [0.25, 0.3) is 0 Å². The summed E-state index contributed by atoms with van der Waals surface area (Å²) in [6.07, 6.45) is 3.71. The first-order valence-electron chi connectivity index (χ1n) is 6.10. The van der Waals surface area contributed by atoms with Crippen molar-refractivity contribution in [1.29, 1.82) is 0 Å². The van der Waals surface area contributed by atoms with E-state index in [2.05, 4.69) is 10.6 Å². The SMILES string of the molecule is O=C(Nc1ccccc1Cl)NC1(CO)CCCC1. The van der Waals surface area contributed by atoms with Gasteiger partial charge in [0.1, 0.15) is 0 Å². The van der Waals surface area contributed by atoms with Crippen LogP contribution in [0.1, 0.15) is 25.7 Å². The van der Waals surface area contributed by atoms with Gasteiger partial charge in [-0.15, -0.1) is 0 Å². The van der Waals surface area contributed by atoms with Crippen LogP contribution in [0.25, 0.3) is 0 Å². The van der Waals surface area contributed by atoms with Crippen LogP contribution in [0, 0.1) is 0 Å². The lowest BCUT2D eigenvalue weighted by Gasteiger charge is -2.28. The molecule has 4 nitrogen and oxygen atoms in total. The van der Waals surface area contributed by atoms with Crippen LogP contribution in [-0.4, -0.2) is 23.3 Å². The Hall–Kier alpha value is -1.26. The number of carbonyl (C=O) groups is 1. The van der Waals surface area contributed by atoms with Crippen molar-refractivity contribution < 1.29 is 9.90 Å². The lowest BCUT2D eigenvalue weighted by atomic mass is 9.99. The van der Waals surface area contributed by atoms with Crippen LogP contribution >= 0.6 is 11.6 Å². The number of nitrogens with one attached hydrogen (secondary N) is 2. The molecule has 1 aromatic carbocycles. The first kappa shape index (κ1) is 13.2. The number of urea groups is 1. The Labute approximate surface area is 111 Å². The molecule has 0 radical (unpaired) electrons. The fraction of sp³-hybridized carbons (Fsp3) is 0.462. The molecule has 98 valence electrons. The highest BCUT2D eigenvalue weighted by atomic mass is 35.5. The summed E-state index contributed by atoms with van der Waals surface area (Å²) in [5.41, 5.74) is 0.105. The second-order valence-corrected chi connectivity index (χ2v) is 5.11. The van der Waals surface area contributed by atoms with Gasteiger partial charge in [-0.1, -0.05) is 36.6 Å². The molecule has 0 unspecified atom stereocenters. The Kier molecular flexibility index (Phi) is 4.09. The highest BCUT2D eigenvalue weighted by Crippen LogP contribution is 2.29. The number of hydrogen-bond acceptors (Lipinski definition) is 2. The molecule has 0 bridgehead atoms. The van der Waals surface area contributed by atoms with E-state index in [0.29, 0.717) is 10.7 Å². The molecule has 2 amide bonds. The highest BCUT2D eigenvalue weighted by Gasteiger charge is 2.34. The van der Waals surface area contributed by atoms with Crippen LogP contribution < -0.4 is 10.6 Å². The van der Waals surface area contributed by atoms with Gasteiger partial charge in [-0.2, -0.15) is 0 Å². The molecule has 0 spiro atoms. The Bertz CT molecular complexity index is 431. The van der Waals surface area contributed by atoms with E-state index >= 15 is 0 Å². The van der Waals surface area contributed by atoms with Crippen molar-refractivity contribution in [3.8, 4) is 0 Å². The number of aliphatic hydroxyl groups is 1. The summed E-state index contributed by atoms with van der Waals surface area (Å²) in [5, 5.41) is 15.5. The molecule has 5 heteroatoms. The Morgan fingerprint density at radius 3 is 2.61 bits per heavy atom. The first-order valence-corrected chi connectivity index (χ1v) is 6.48. The lowest BCUT2D eigenvalue weighted by molar-refractivity contribution is 0.167. The minimum Gasteiger partial charge on any atom is -0.394 e. The number of para-hydroxylation sites is 1. The molecule has 2 rings (SSSR count). The van der Waals surface area contributed by atoms with Crippen molar-refractivity contribution in [3.05, 3.63) is 29.3 Å². The number of anilines is 1. The second kappa shape index (κ2) is 5.59. The van der Waals surface area contributed by atoms with Gasteiger partial charge in [-0.25, -0.2) is 4.79 Å². The quantitative estimate of drug-likeness (QED) is 0.789. The number of aliphatic hydroxyl groups excluding tert-OH is 1. The third kappa shape index (κ3) is 2.94. The minimum absolute atomic E-state index is 0.0249. The van der Waals surface area contributed by atoms with Crippen LogP contribution in [-0.2, 0) is 0 Å². The predicted octanol–water partition coefficient (Wildman–Crippen LogP) is 2.77. The average molecular weight is 269 g/mol. The number of carbonyl (C=O) groups excluding carboxylic acids is 1. The summed E-state index contributed by atoms with van der Waals surface area (Å²) in [4.78, 5) is 11.9. The summed E-state index contributed by atoms with van der Waals surface area (Å²) in [6, 6.07) is 6.74. The van der Waals surface area contributed by atoms with E-state index in [9.17, 15) is 9.90 Å². The van der Waals surface area contributed by atoms with Crippen LogP contribution in [0.15, 0.2) is 24.3 Å². The van der Waals surface area contributed by atoms with E-state index in [-0.39, 0.29) is 12.6 Å². The van der Waals surface area contributed by atoms with Gasteiger partial charge < -0.3 is 15.7 Å². The van der Waals surface area contributed by atoms with Crippen LogP contribution in [0.3, 0.4) is 0 Å². The largest absolute Gasteiger partial charge is 0.394 e. The standard InChI is InChI=1S/C13H17ClN2O2/c14-10-5-1-2-6-11(10)15-12(18)16-13(9-17)7-3-4-8-13/h1-2,5-6,17H,3-4,7-9H2,(H2,15,16,18). The van der Waals surface area contributed by atoms with Gasteiger partial charge in [0, 0.05) is 0 Å². The molecule has 1 aliphatic carbocycles. The molecule has 3 N–H and O–H groups in total. The third-order valence-corrected chi connectivity index (χ3v) is 3.69. The zero-order chi connectivity index (χ0) is 13.0. The zero-order valence-electron chi connectivity index (χ0n) is 10.1. The highest BCUT2D eigenvalue weighted by molar-refractivity contribution is 6.33. The van der Waals surface area contributed by atoms with Gasteiger partial charge in [0.05, 0.1) is 22.9 Å². The summed E-state index contributed by atoms with van der Waals surface area (Å²) in [7, 11) is 0. The van der Waals surface area contributed by atoms with Crippen molar-refractivity contribution in [2.45, 2.75) is 31.2 Å². The Balaban J connectivity index is 1.98. The fourth-order valence-electron chi connectivity index (χ4n) is 2.33. The third-order valence-electron chi connectivity index (χ3n) is 3.36. The normalized spacial score (nSPS) is 17.4. The van der Waals surface area contributed by atoms with Crippen molar-refractivity contribution in [2.75, 3.05) is 11.9 Å². The summed E-state index contributed by atoms with van der Waals surface area (Å²) in [5.74, 6) is 0. The van der Waals surface area contributed by atoms with Gasteiger partial charge >= 0.3 is 6.03 Å². The molecular weight excluding hydrogens is 252 g/mol. The van der Waals surface area contributed by atoms with Gasteiger partial charge in [0.15, 0.2) is 0 Å². The summed E-state index contributed by atoms with van der Waals surface area (Å²) in [6.45, 7) is -0.0249. The van der Waals surface area contributed by atoms with Crippen LogP contribution in [0.4, 0.5) is 10.5 Å². The number of rotatable bonds is 3. The van der Waals surface area contributed by atoms with E-state index in [1.807, 2.05) is 0 Å². The second-order valence-electron chi connectivity index (χ2n) is 4.70. The number of hydrogen-bond donors (Lipinski definition) is 3. The van der Waals surface area contributed by atoms with Crippen molar-refractivity contribution >= 4 is 23.3 Å². The molecule has 0 atom stereocenters. The average Bonchev–Trinajstić information content (AvgIpc) is 2.81. The molecule has 1 fully saturated rings. The maximum absolute atomic E-state index is 11.9. The molecule has 1 saturated carbocycles. The van der Waals surface area contributed by atoms with E-state index in [1.54, 1.807) is 24.3 Å². The number of benzene rings is 1. The van der Waals surface area contributed by atoms with Gasteiger partial charge in [-0.05, 0) is 25.0 Å². The molecular formula is C13H17ClN2O2. The summed E-state index contributed by atoms with van der Waals surface area (Å²) >= 11 is 5.96. The molecule has 1 aromatic rings. The van der Waals surface area contributed by atoms with Gasteiger partial charge in [0.2, 0.25) is 0 Å². The molecule has 0 heterocycles. The topological polar surface area (TPSA) is 61.4 Å². The van der Waals surface area contributed by atoms with E-state index in [0.717, 1.165) is 25.7 Å². The Morgan fingerprint density at radius 1 is 1.33 bits per heavy atom. The maximum atomic E-state index is 11.9. The van der Waals surface area contributed by atoms with Crippen LogP contribution in [0.5, 0.6) is 0 Å². The lowest BCUT2D eigenvalue weighted by Crippen LogP contribution is -2.50. The number of amides is 2. The zero-order valence-corrected chi connectivity index (χ0v) is 10.8. The van der Waals surface area contributed by atoms with E-state index in [4.69, 9.17) is 11.6 Å². The van der Waals surface area contributed by atoms with Crippen molar-refractivity contribution in [1.82, 2.24) is 5.32 Å². The molecule has 0 saturated heterocycles. The predicted molar refractivity (Wildman–Crippen MR) is 71.9 cm³/mol. The van der Waals surface area contributed by atoms with E-state index in [1.165, 1.54) is 0 Å². The molecule has 18 heavy (non-hydrogen) atoms. The molecule has 0 aromatic heterocycles. The minimum atomic E-state index is -0.467. The monoisotopic (exact) mass is 268 g/mol. The number of halogens is 1. The van der Waals surface area contributed by atoms with Crippen LogP contribution in [0.2, 0.25) is 5.02 Å². The first-order chi connectivity index (χ1) is 8.65. The van der Waals surface area contributed by atoms with Crippen molar-refractivity contribution in [3.63, 3.8) is 0 Å². The molecule has 1 aliphatic rings. The molecule has 0 aliphatic heterocycles.